The topological polar surface area (TPSA) is 44.5 Å². The van der Waals surface area contributed by atoms with Crippen LogP contribution in [0.1, 0.15) is 31.2 Å². The summed E-state index contributed by atoms with van der Waals surface area (Å²) in [6.45, 7) is 1.08. The molecule has 18 heavy (non-hydrogen) atoms. The van der Waals surface area contributed by atoms with Gasteiger partial charge in [-0.1, -0.05) is 24.4 Å². The second-order valence-corrected chi connectivity index (χ2v) is 5.28. The van der Waals surface area contributed by atoms with E-state index in [0.29, 0.717) is 18.2 Å². The maximum Gasteiger partial charge on any atom is 0.124 e. The molecule has 0 aromatic heterocycles. The van der Waals surface area contributed by atoms with Crippen molar-refractivity contribution in [2.45, 2.75) is 37.9 Å². The summed E-state index contributed by atoms with van der Waals surface area (Å²) in [5.74, 6) is 0.810. The summed E-state index contributed by atoms with van der Waals surface area (Å²) in [6.07, 6.45) is 4.49. The quantitative estimate of drug-likeness (QED) is 0.893. The van der Waals surface area contributed by atoms with E-state index in [0.717, 1.165) is 24.2 Å². The molecule has 2 rings (SSSR count). The fraction of sp³-hybridized carbons (Fsp3) is 0.571. The molecule has 1 aromatic rings. The van der Waals surface area contributed by atoms with Gasteiger partial charge in [0.2, 0.25) is 0 Å². The van der Waals surface area contributed by atoms with Gasteiger partial charge in [0, 0.05) is 17.1 Å². The maximum absolute atomic E-state index is 6.06. The molecular weight excluding hydrogens is 250 g/mol. The van der Waals surface area contributed by atoms with Crippen molar-refractivity contribution in [2.75, 3.05) is 13.7 Å². The summed E-state index contributed by atoms with van der Waals surface area (Å²) in [4.78, 5) is 0. The van der Waals surface area contributed by atoms with Crippen molar-refractivity contribution in [3.63, 3.8) is 0 Å². The molecule has 100 valence electrons. The average Bonchev–Trinajstić information content (AvgIpc) is 2.86. The van der Waals surface area contributed by atoms with E-state index in [1.165, 1.54) is 12.8 Å². The Bertz CT molecular complexity index is 403. The summed E-state index contributed by atoms with van der Waals surface area (Å²) >= 11 is 6.00. The minimum atomic E-state index is -0.146. The minimum absolute atomic E-state index is 0.146. The van der Waals surface area contributed by atoms with Crippen LogP contribution in [0, 0.1) is 0 Å². The molecule has 1 aliphatic rings. The number of benzene rings is 1. The Balaban J connectivity index is 2.07. The molecule has 0 bridgehead atoms. The molecular formula is C14H20ClNO2. The molecule has 0 radical (unpaired) electrons. The highest BCUT2D eigenvalue weighted by molar-refractivity contribution is 6.30. The van der Waals surface area contributed by atoms with Crippen molar-refractivity contribution in [2.24, 2.45) is 5.73 Å². The van der Waals surface area contributed by atoms with Gasteiger partial charge in [0.05, 0.1) is 19.3 Å². The summed E-state index contributed by atoms with van der Waals surface area (Å²) in [5.41, 5.74) is 6.68. The summed E-state index contributed by atoms with van der Waals surface area (Å²) in [5, 5.41) is 0.697. The van der Waals surface area contributed by atoms with Crippen LogP contribution in [0.4, 0.5) is 0 Å². The van der Waals surface area contributed by atoms with Crippen LogP contribution in [-0.4, -0.2) is 19.3 Å². The lowest BCUT2D eigenvalue weighted by Crippen LogP contribution is -2.37. The first-order chi connectivity index (χ1) is 8.69. The van der Waals surface area contributed by atoms with Gasteiger partial charge in [0.1, 0.15) is 5.75 Å². The highest BCUT2D eigenvalue weighted by Gasteiger charge is 2.33. The fourth-order valence-electron chi connectivity index (χ4n) is 2.52. The van der Waals surface area contributed by atoms with Gasteiger partial charge >= 0.3 is 0 Å². The third kappa shape index (κ3) is 2.97. The van der Waals surface area contributed by atoms with Gasteiger partial charge in [0.15, 0.2) is 0 Å². The van der Waals surface area contributed by atoms with Gasteiger partial charge in [0.25, 0.3) is 0 Å². The molecule has 4 heteroatoms. The maximum atomic E-state index is 6.06. The van der Waals surface area contributed by atoms with E-state index in [9.17, 15) is 0 Å². The van der Waals surface area contributed by atoms with Gasteiger partial charge < -0.3 is 15.2 Å². The highest BCUT2D eigenvalue weighted by atomic mass is 35.5. The molecule has 3 nitrogen and oxygen atoms in total. The molecule has 0 atom stereocenters. The van der Waals surface area contributed by atoms with Gasteiger partial charge in [-0.2, -0.15) is 0 Å². The number of methoxy groups -OCH3 is 1. The summed E-state index contributed by atoms with van der Waals surface area (Å²) < 4.78 is 11.4. The first-order valence-corrected chi connectivity index (χ1v) is 6.73. The van der Waals surface area contributed by atoms with E-state index >= 15 is 0 Å². The minimum Gasteiger partial charge on any atom is -0.496 e. The lowest BCUT2D eigenvalue weighted by atomic mass is 10.0. The number of nitrogens with two attached hydrogens (primary N) is 1. The number of ether oxygens (including phenoxy) is 2. The number of hydrogen-bond acceptors (Lipinski definition) is 3. The van der Waals surface area contributed by atoms with E-state index in [1.54, 1.807) is 7.11 Å². The summed E-state index contributed by atoms with van der Waals surface area (Å²) in [7, 11) is 1.65. The van der Waals surface area contributed by atoms with Crippen LogP contribution in [-0.2, 0) is 11.3 Å². The molecule has 0 heterocycles. The highest BCUT2D eigenvalue weighted by Crippen LogP contribution is 2.34. The van der Waals surface area contributed by atoms with Crippen LogP contribution in [0.25, 0.3) is 0 Å². The van der Waals surface area contributed by atoms with E-state index in [1.807, 2.05) is 18.2 Å². The number of rotatable bonds is 5. The lowest BCUT2D eigenvalue weighted by molar-refractivity contribution is -0.0454. The number of hydrogen-bond donors (Lipinski definition) is 1. The van der Waals surface area contributed by atoms with Crippen molar-refractivity contribution in [1.29, 1.82) is 0 Å². The summed E-state index contributed by atoms with van der Waals surface area (Å²) in [6, 6.07) is 5.57. The first-order valence-electron chi connectivity index (χ1n) is 6.35. The Morgan fingerprint density at radius 1 is 1.33 bits per heavy atom. The Kier molecular flexibility index (Phi) is 4.49. The van der Waals surface area contributed by atoms with Crippen molar-refractivity contribution in [3.05, 3.63) is 28.8 Å². The van der Waals surface area contributed by atoms with Gasteiger partial charge in [-0.3, -0.25) is 0 Å². The second kappa shape index (κ2) is 5.91. The van der Waals surface area contributed by atoms with E-state index < -0.39 is 0 Å². The zero-order valence-corrected chi connectivity index (χ0v) is 11.5. The first kappa shape index (κ1) is 13.7. The molecule has 0 spiro atoms. The Hall–Kier alpha value is -0.770. The van der Waals surface area contributed by atoms with Crippen molar-refractivity contribution in [3.8, 4) is 5.75 Å². The molecule has 1 aliphatic carbocycles. The standard InChI is InChI=1S/C14H20ClNO2/c1-17-13-5-4-12(15)8-11(13)9-18-14(10-16)6-2-3-7-14/h4-5,8H,2-3,6-7,9-10,16H2,1H3. The van der Waals surface area contributed by atoms with E-state index in [4.69, 9.17) is 26.8 Å². The molecule has 0 aliphatic heterocycles. The van der Waals surface area contributed by atoms with Crippen LogP contribution in [0.2, 0.25) is 5.02 Å². The zero-order chi connectivity index (χ0) is 13.0. The molecule has 1 fully saturated rings. The Labute approximate surface area is 113 Å². The Morgan fingerprint density at radius 3 is 2.67 bits per heavy atom. The third-order valence-electron chi connectivity index (χ3n) is 3.66. The predicted octanol–water partition coefficient (Wildman–Crippen LogP) is 3.14. The molecule has 0 unspecified atom stereocenters. The van der Waals surface area contributed by atoms with Gasteiger partial charge in [-0.25, -0.2) is 0 Å². The van der Waals surface area contributed by atoms with Gasteiger partial charge in [-0.05, 0) is 31.0 Å². The third-order valence-corrected chi connectivity index (χ3v) is 3.90. The van der Waals surface area contributed by atoms with E-state index in [2.05, 4.69) is 0 Å². The zero-order valence-electron chi connectivity index (χ0n) is 10.7. The van der Waals surface area contributed by atoms with Crippen LogP contribution in [0.15, 0.2) is 18.2 Å². The van der Waals surface area contributed by atoms with E-state index in [-0.39, 0.29) is 5.60 Å². The monoisotopic (exact) mass is 269 g/mol. The lowest BCUT2D eigenvalue weighted by Gasteiger charge is -2.28. The SMILES string of the molecule is COc1ccc(Cl)cc1COC1(CN)CCCC1. The molecule has 0 amide bonds. The Morgan fingerprint density at radius 2 is 2.06 bits per heavy atom. The largest absolute Gasteiger partial charge is 0.496 e. The van der Waals surface area contributed by atoms with Crippen LogP contribution in [0.3, 0.4) is 0 Å². The molecule has 1 saturated carbocycles. The second-order valence-electron chi connectivity index (χ2n) is 4.84. The van der Waals surface area contributed by atoms with Crippen LogP contribution < -0.4 is 10.5 Å². The predicted molar refractivity (Wildman–Crippen MR) is 73.0 cm³/mol. The van der Waals surface area contributed by atoms with Crippen molar-refractivity contribution < 1.29 is 9.47 Å². The van der Waals surface area contributed by atoms with Gasteiger partial charge in [-0.15, -0.1) is 0 Å². The fourth-order valence-corrected chi connectivity index (χ4v) is 2.71. The molecule has 0 saturated heterocycles. The van der Waals surface area contributed by atoms with Crippen LogP contribution in [0.5, 0.6) is 5.75 Å². The molecule has 2 N–H and O–H groups in total. The number of halogens is 1. The van der Waals surface area contributed by atoms with Crippen molar-refractivity contribution in [1.82, 2.24) is 0 Å². The normalized spacial score (nSPS) is 17.9. The van der Waals surface area contributed by atoms with Crippen LogP contribution >= 0.6 is 11.6 Å². The smallest absolute Gasteiger partial charge is 0.124 e. The average molecular weight is 270 g/mol. The van der Waals surface area contributed by atoms with Crippen molar-refractivity contribution >= 4 is 11.6 Å². The molecule has 1 aromatic carbocycles.